The minimum absolute atomic E-state index is 0.132. The standard InChI is InChI=1S/C17H19N3O/c1-17(2,3)15-13(16(21)19-18-15)9-11-10-20(4)14-8-6-5-7-12(11)14/h5-10H,1-4H3,(H,19,21)/b13-9-. The molecule has 4 heteroatoms. The van der Waals surface area contributed by atoms with Gasteiger partial charge in [0, 0.05) is 35.1 Å². The van der Waals surface area contributed by atoms with Gasteiger partial charge in [0.1, 0.15) is 0 Å². The number of hydrogen-bond acceptors (Lipinski definition) is 2. The van der Waals surface area contributed by atoms with Crippen LogP contribution in [0, 0.1) is 5.41 Å². The fourth-order valence-corrected chi connectivity index (χ4v) is 2.68. The third kappa shape index (κ3) is 2.27. The third-order valence-electron chi connectivity index (χ3n) is 3.71. The van der Waals surface area contributed by atoms with Gasteiger partial charge >= 0.3 is 0 Å². The van der Waals surface area contributed by atoms with Gasteiger partial charge in [-0.3, -0.25) is 4.79 Å². The highest BCUT2D eigenvalue weighted by atomic mass is 16.2. The summed E-state index contributed by atoms with van der Waals surface area (Å²) in [6.07, 6.45) is 3.98. The molecule has 2 aromatic rings. The summed E-state index contributed by atoms with van der Waals surface area (Å²) in [5.74, 6) is -0.132. The first-order chi connectivity index (χ1) is 9.88. The molecule has 108 valence electrons. The van der Waals surface area contributed by atoms with E-state index in [-0.39, 0.29) is 11.3 Å². The Balaban J connectivity index is 2.16. The molecule has 0 fully saturated rings. The molecular formula is C17H19N3O. The highest BCUT2D eigenvalue weighted by Crippen LogP contribution is 2.28. The molecule has 1 N–H and O–H groups in total. The molecule has 1 aliphatic rings. The van der Waals surface area contributed by atoms with E-state index in [2.05, 4.69) is 48.0 Å². The molecule has 0 radical (unpaired) electrons. The number of para-hydroxylation sites is 1. The number of amides is 1. The molecule has 0 aliphatic carbocycles. The van der Waals surface area contributed by atoms with Gasteiger partial charge in [-0.05, 0) is 12.1 Å². The van der Waals surface area contributed by atoms with E-state index in [1.807, 2.05) is 31.5 Å². The molecule has 3 rings (SSSR count). The van der Waals surface area contributed by atoms with Crippen molar-refractivity contribution in [1.82, 2.24) is 9.99 Å². The maximum atomic E-state index is 12.1. The van der Waals surface area contributed by atoms with Crippen molar-refractivity contribution in [3.8, 4) is 0 Å². The Hall–Kier alpha value is -2.36. The minimum atomic E-state index is -0.171. The van der Waals surface area contributed by atoms with E-state index in [4.69, 9.17) is 0 Å². The third-order valence-corrected chi connectivity index (χ3v) is 3.71. The van der Waals surface area contributed by atoms with E-state index >= 15 is 0 Å². The van der Waals surface area contributed by atoms with Crippen molar-refractivity contribution >= 4 is 28.6 Å². The molecule has 0 unspecified atom stereocenters. The molecule has 0 atom stereocenters. The number of benzene rings is 1. The van der Waals surface area contributed by atoms with Crippen LogP contribution in [0.5, 0.6) is 0 Å². The SMILES string of the molecule is Cn1cc(/C=C2\C(=O)NN=C2C(C)(C)C)c2ccccc21. The van der Waals surface area contributed by atoms with Crippen LogP contribution in [0.4, 0.5) is 0 Å². The van der Waals surface area contributed by atoms with Crippen LogP contribution in [-0.2, 0) is 11.8 Å². The molecule has 1 amide bonds. The summed E-state index contributed by atoms with van der Waals surface area (Å²) in [6.45, 7) is 6.18. The minimum Gasteiger partial charge on any atom is -0.350 e. The Kier molecular flexibility index (Phi) is 2.97. The largest absolute Gasteiger partial charge is 0.350 e. The Bertz CT molecular complexity index is 788. The second-order valence-electron chi connectivity index (χ2n) is 6.42. The average Bonchev–Trinajstić information content (AvgIpc) is 2.93. The first-order valence-electron chi connectivity index (χ1n) is 7.02. The monoisotopic (exact) mass is 281 g/mol. The number of fused-ring (bicyclic) bond motifs is 1. The second-order valence-corrected chi connectivity index (χ2v) is 6.42. The zero-order valence-electron chi connectivity index (χ0n) is 12.8. The van der Waals surface area contributed by atoms with Gasteiger partial charge in [0.05, 0.1) is 11.3 Å². The quantitative estimate of drug-likeness (QED) is 0.802. The lowest BCUT2D eigenvalue weighted by atomic mass is 9.85. The topological polar surface area (TPSA) is 46.4 Å². The molecule has 2 heterocycles. The number of hydrazone groups is 1. The van der Waals surface area contributed by atoms with Crippen LogP contribution in [0.1, 0.15) is 26.3 Å². The van der Waals surface area contributed by atoms with Crippen LogP contribution in [0.3, 0.4) is 0 Å². The predicted molar refractivity (Wildman–Crippen MR) is 85.9 cm³/mol. The van der Waals surface area contributed by atoms with E-state index in [0.29, 0.717) is 5.57 Å². The fourth-order valence-electron chi connectivity index (χ4n) is 2.68. The maximum absolute atomic E-state index is 12.1. The van der Waals surface area contributed by atoms with E-state index in [0.717, 1.165) is 22.2 Å². The summed E-state index contributed by atoms with van der Waals surface area (Å²) in [4.78, 5) is 12.1. The van der Waals surface area contributed by atoms with E-state index < -0.39 is 0 Å². The summed E-state index contributed by atoms with van der Waals surface area (Å²) in [7, 11) is 2.01. The van der Waals surface area contributed by atoms with Gasteiger partial charge in [-0.1, -0.05) is 39.0 Å². The maximum Gasteiger partial charge on any atom is 0.273 e. The molecule has 0 bridgehead atoms. The summed E-state index contributed by atoms with van der Waals surface area (Å²) in [5.41, 5.74) is 6.05. The van der Waals surface area contributed by atoms with Crippen LogP contribution in [-0.4, -0.2) is 16.2 Å². The van der Waals surface area contributed by atoms with Crippen LogP contribution in [0.2, 0.25) is 0 Å². The Morgan fingerprint density at radius 3 is 2.67 bits per heavy atom. The molecule has 1 aromatic heterocycles. The van der Waals surface area contributed by atoms with Gasteiger partial charge in [-0.2, -0.15) is 5.10 Å². The van der Waals surface area contributed by atoms with Gasteiger partial charge in [0.15, 0.2) is 0 Å². The van der Waals surface area contributed by atoms with Crippen molar-refractivity contribution in [3.63, 3.8) is 0 Å². The van der Waals surface area contributed by atoms with E-state index in [1.165, 1.54) is 0 Å². The number of hydrogen-bond donors (Lipinski definition) is 1. The Labute approximate surface area is 124 Å². The normalized spacial score (nSPS) is 17.4. The van der Waals surface area contributed by atoms with Crippen molar-refractivity contribution in [2.45, 2.75) is 20.8 Å². The summed E-state index contributed by atoms with van der Waals surface area (Å²) < 4.78 is 2.07. The molecule has 1 aromatic carbocycles. The number of carbonyl (C=O) groups is 1. The number of nitrogens with zero attached hydrogens (tertiary/aromatic N) is 2. The number of carbonyl (C=O) groups excluding carboxylic acids is 1. The molecular weight excluding hydrogens is 262 g/mol. The Morgan fingerprint density at radius 2 is 1.95 bits per heavy atom. The molecule has 4 nitrogen and oxygen atoms in total. The molecule has 0 saturated heterocycles. The number of nitrogens with one attached hydrogen (secondary N) is 1. The molecule has 0 saturated carbocycles. The van der Waals surface area contributed by atoms with Crippen LogP contribution in [0.15, 0.2) is 41.1 Å². The number of aryl methyl sites for hydroxylation is 1. The lowest BCUT2D eigenvalue weighted by Gasteiger charge is -2.17. The average molecular weight is 281 g/mol. The molecule has 21 heavy (non-hydrogen) atoms. The number of aromatic nitrogens is 1. The summed E-state index contributed by atoms with van der Waals surface area (Å²) in [6, 6.07) is 8.18. The van der Waals surface area contributed by atoms with Crippen LogP contribution in [0.25, 0.3) is 17.0 Å². The first kappa shape index (κ1) is 13.6. The van der Waals surface area contributed by atoms with Gasteiger partial charge in [0.2, 0.25) is 0 Å². The van der Waals surface area contributed by atoms with Crippen LogP contribution >= 0.6 is 0 Å². The van der Waals surface area contributed by atoms with Crippen molar-refractivity contribution in [2.75, 3.05) is 0 Å². The van der Waals surface area contributed by atoms with E-state index in [1.54, 1.807) is 0 Å². The summed E-state index contributed by atoms with van der Waals surface area (Å²) in [5, 5.41) is 5.33. The zero-order chi connectivity index (χ0) is 15.2. The van der Waals surface area contributed by atoms with Gasteiger partial charge in [-0.15, -0.1) is 0 Å². The van der Waals surface area contributed by atoms with E-state index in [9.17, 15) is 4.79 Å². The zero-order valence-corrected chi connectivity index (χ0v) is 12.8. The van der Waals surface area contributed by atoms with Crippen molar-refractivity contribution in [1.29, 1.82) is 0 Å². The van der Waals surface area contributed by atoms with Gasteiger partial charge < -0.3 is 4.57 Å². The smallest absolute Gasteiger partial charge is 0.273 e. The van der Waals surface area contributed by atoms with Gasteiger partial charge in [0.25, 0.3) is 5.91 Å². The fraction of sp³-hybridized carbons (Fsp3) is 0.294. The highest BCUT2D eigenvalue weighted by Gasteiger charge is 2.31. The summed E-state index contributed by atoms with van der Waals surface area (Å²) >= 11 is 0. The lowest BCUT2D eigenvalue weighted by Crippen LogP contribution is -2.22. The molecule has 1 aliphatic heterocycles. The van der Waals surface area contributed by atoms with Crippen molar-refractivity contribution in [3.05, 3.63) is 41.6 Å². The van der Waals surface area contributed by atoms with Crippen LogP contribution < -0.4 is 5.43 Å². The molecule has 0 spiro atoms. The highest BCUT2D eigenvalue weighted by molar-refractivity contribution is 6.29. The van der Waals surface area contributed by atoms with Gasteiger partial charge in [-0.25, -0.2) is 5.43 Å². The Morgan fingerprint density at radius 1 is 1.24 bits per heavy atom. The van der Waals surface area contributed by atoms with Crippen molar-refractivity contribution < 1.29 is 4.79 Å². The lowest BCUT2D eigenvalue weighted by molar-refractivity contribution is -0.116. The van der Waals surface area contributed by atoms with Crippen molar-refractivity contribution in [2.24, 2.45) is 17.6 Å². The first-order valence-corrected chi connectivity index (χ1v) is 7.02. The predicted octanol–water partition coefficient (Wildman–Crippen LogP) is 3.09. The number of rotatable bonds is 1. The second kappa shape index (κ2) is 4.58.